The molecular formula is C26H36FN7O5. The summed E-state index contributed by atoms with van der Waals surface area (Å²) < 4.78 is 29.8. The monoisotopic (exact) mass is 545 g/mol. The Labute approximate surface area is 227 Å². The standard InChI is InChI=1S/C26H36FN7O5/c1-16-10-18(12-21(31-16)24(35)30-13-17-6-7-20(27)22(11-17)37-5)23(28)32-34(29)15-19-14-33(8-9-38-19)25(36)39-26(2,3)4/h6-7,10-12,19H,8-9,13-15,29H2,1-5H3,(H2,28,32)(H,30,35). The zero-order chi connectivity index (χ0) is 28.7. The molecule has 1 aromatic heterocycles. The van der Waals surface area contributed by atoms with Gasteiger partial charge in [-0.25, -0.2) is 25.1 Å². The first kappa shape index (κ1) is 29.6. The second kappa shape index (κ2) is 12.7. The number of hydrazine groups is 1. The maximum absolute atomic E-state index is 13.6. The number of nitrogens with one attached hydrogen (secondary N) is 1. The normalized spacial score (nSPS) is 16.0. The molecule has 1 saturated heterocycles. The predicted octanol–water partition coefficient (Wildman–Crippen LogP) is 1.90. The number of morpholine rings is 1. The summed E-state index contributed by atoms with van der Waals surface area (Å²) in [5.41, 5.74) is 7.37. The zero-order valence-electron chi connectivity index (χ0n) is 22.9. The summed E-state index contributed by atoms with van der Waals surface area (Å²) in [6.45, 7) is 8.49. The third-order valence-corrected chi connectivity index (χ3v) is 5.57. The number of amides is 2. The third kappa shape index (κ3) is 8.79. The van der Waals surface area contributed by atoms with E-state index in [0.29, 0.717) is 30.0 Å². The quantitative estimate of drug-likeness (QED) is 0.195. The van der Waals surface area contributed by atoms with Crippen molar-refractivity contribution in [1.82, 2.24) is 20.3 Å². The number of hydrazone groups is 1. The van der Waals surface area contributed by atoms with Gasteiger partial charge in [0, 0.05) is 24.3 Å². The molecule has 0 aliphatic carbocycles. The van der Waals surface area contributed by atoms with E-state index >= 15 is 0 Å². The molecule has 0 spiro atoms. The molecule has 12 nitrogen and oxygen atoms in total. The fourth-order valence-corrected chi connectivity index (χ4v) is 3.79. The maximum Gasteiger partial charge on any atom is 0.410 e. The Hall–Kier alpha value is -3.97. The highest BCUT2D eigenvalue weighted by Gasteiger charge is 2.29. The Morgan fingerprint density at radius 3 is 2.74 bits per heavy atom. The first-order valence-electron chi connectivity index (χ1n) is 12.4. The Balaban J connectivity index is 1.62. The summed E-state index contributed by atoms with van der Waals surface area (Å²) in [4.78, 5) is 31.0. The third-order valence-electron chi connectivity index (χ3n) is 5.57. The highest BCUT2D eigenvalue weighted by Crippen LogP contribution is 2.18. The van der Waals surface area contributed by atoms with Crippen LogP contribution < -0.4 is 21.6 Å². The van der Waals surface area contributed by atoms with Crippen molar-refractivity contribution in [3.05, 3.63) is 58.7 Å². The minimum absolute atomic E-state index is 0.0696. The number of benzene rings is 1. The molecule has 1 atom stereocenters. The van der Waals surface area contributed by atoms with E-state index in [4.69, 9.17) is 25.8 Å². The number of nitrogens with two attached hydrogens (primary N) is 2. The average molecular weight is 546 g/mol. The summed E-state index contributed by atoms with van der Waals surface area (Å²) in [7, 11) is 1.37. The maximum atomic E-state index is 13.6. The van der Waals surface area contributed by atoms with Crippen molar-refractivity contribution in [3.63, 3.8) is 0 Å². The Bertz CT molecular complexity index is 1220. The lowest BCUT2D eigenvalue weighted by Crippen LogP contribution is -2.51. The van der Waals surface area contributed by atoms with Crippen LogP contribution in [0.5, 0.6) is 5.75 Å². The molecule has 1 aliphatic heterocycles. The summed E-state index contributed by atoms with van der Waals surface area (Å²) in [6, 6.07) is 7.51. The smallest absolute Gasteiger partial charge is 0.410 e. The molecule has 13 heteroatoms. The Morgan fingerprint density at radius 1 is 1.31 bits per heavy atom. The van der Waals surface area contributed by atoms with E-state index in [1.807, 2.05) is 0 Å². The molecular weight excluding hydrogens is 509 g/mol. The second-order valence-electron chi connectivity index (χ2n) is 10.1. The van der Waals surface area contributed by atoms with Gasteiger partial charge >= 0.3 is 6.09 Å². The minimum atomic E-state index is -0.601. The predicted molar refractivity (Wildman–Crippen MR) is 142 cm³/mol. The van der Waals surface area contributed by atoms with Gasteiger partial charge in [-0.05, 0) is 57.5 Å². The van der Waals surface area contributed by atoms with Crippen molar-refractivity contribution in [2.75, 3.05) is 33.4 Å². The van der Waals surface area contributed by atoms with Gasteiger partial charge in [0.15, 0.2) is 17.4 Å². The lowest BCUT2D eigenvalue weighted by atomic mass is 10.1. The van der Waals surface area contributed by atoms with Gasteiger partial charge in [0.05, 0.1) is 32.9 Å². The number of carbonyl (C=O) groups is 2. The van der Waals surface area contributed by atoms with Gasteiger partial charge in [-0.3, -0.25) is 4.79 Å². The number of hydrogen-bond acceptors (Lipinski definition) is 9. The van der Waals surface area contributed by atoms with Gasteiger partial charge in [-0.15, -0.1) is 5.10 Å². The van der Waals surface area contributed by atoms with Crippen LogP contribution in [-0.4, -0.2) is 77.9 Å². The lowest BCUT2D eigenvalue weighted by molar-refractivity contribution is -0.0523. The fourth-order valence-electron chi connectivity index (χ4n) is 3.79. The SMILES string of the molecule is COc1cc(CNC(=O)c2cc(/C(N)=N/N(N)CC3CN(C(=O)OC(C)(C)C)CCO3)cc(C)n2)ccc1F. The van der Waals surface area contributed by atoms with Crippen LogP contribution in [0.1, 0.15) is 48.1 Å². The van der Waals surface area contributed by atoms with Crippen molar-refractivity contribution in [3.8, 4) is 5.75 Å². The molecule has 1 aromatic carbocycles. The number of rotatable bonds is 8. The zero-order valence-corrected chi connectivity index (χ0v) is 22.9. The largest absolute Gasteiger partial charge is 0.494 e. The second-order valence-corrected chi connectivity index (χ2v) is 10.1. The number of aryl methyl sites for hydroxylation is 1. The number of methoxy groups -OCH3 is 1. The van der Waals surface area contributed by atoms with Crippen LogP contribution in [0.25, 0.3) is 0 Å². The molecule has 1 fully saturated rings. The van der Waals surface area contributed by atoms with E-state index in [9.17, 15) is 14.0 Å². The van der Waals surface area contributed by atoms with E-state index in [1.54, 1.807) is 44.7 Å². The van der Waals surface area contributed by atoms with Gasteiger partial charge in [-0.1, -0.05) is 6.07 Å². The number of carbonyl (C=O) groups excluding carboxylic acids is 2. The first-order valence-corrected chi connectivity index (χ1v) is 12.4. The molecule has 0 bridgehead atoms. The molecule has 0 saturated carbocycles. The topological polar surface area (TPSA) is 158 Å². The molecule has 1 unspecified atom stereocenters. The van der Waals surface area contributed by atoms with Crippen molar-refractivity contribution >= 4 is 17.8 Å². The number of pyridine rings is 1. The summed E-state index contributed by atoms with van der Waals surface area (Å²) in [5.74, 6) is 5.29. The molecule has 39 heavy (non-hydrogen) atoms. The number of amidine groups is 1. The Kier molecular flexibility index (Phi) is 9.65. The highest BCUT2D eigenvalue weighted by atomic mass is 19.1. The van der Waals surface area contributed by atoms with Gasteiger partial charge in [-0.2, -0.15) is 0 Å². The van der Waals surface area contributed by atoms with Crippen LogP contribution in [0.4, 0.5) is 9.18 Å². The molecule has 3 rings (SSSR count). The van der Waals surface area contributed by atoms with E-state index in [0.717, 1.165) is 5.12 Å². The first-order chi connectivity index (χ1) is 18.3. The summed E-state index contributed by atoms with van der Waals surface area (Å²) >= 11 is 0. The van der Waals surface area contributed by atoms with Crippen molar-refractivity contribution < 1.29 is 28.2 Å². The van der Waals surface area contributed by atoms with Crippen molar-refractivity contribution in [2.24, 2.45) is 16.7 Å². The van der Waals surface area contributed by atoms with Crippen LogP contribution >= 0.6 is 0 Å². The van der Waals surface area contributed by atoms with E-state index in [-0.39, 0.29) is 36.9 Å². The summed E-state index contributed by atoms with van der Waals surface area (Å²) in [5, 5.41) is 8.10. The molecule has 2 heterocycles. The van der Waals surface area contributed by atoms with Crippen LogP contribution in [0.15, 0.2) is 35.4 Å². The van der Waals surface area contributed by atoms with Crippen LogP contribution in [-0.2, 0) is 16.0 Å². The molecule has 1 aliphatic rings. The van der Waals surface area contributed by atoms with Crippen molar-refractivity contribution in [1.29, 1.82) is 0 Å². The lowest BCUT2D eigenvalue weighted by Gasteiger charge is -2.35. The van der Waals surface area contributed by atoms with E-state index in [1.165, 1.54) is 25.3 Å². The minimum Gasteiger partial charge on any atom is -0.494 e. The number of ether oxygens (including phenoxy) is 3. The molecule has 2 amide bonds. The molecule has 0 radical (unpaired) electrons. The van der Waals surface area contributed by atoms with Gasteiger partial charge in [0.2, 0.25) is 0 Å². The highest BCUT2D eigenvalue weighted by molar-refractivity contribution is 6.00. The number of halogens is 1. The van der Waals surface area contributed by atoms with Crippen LogP contribution in [0.2, 0.25) is 0 Å². The molecule has 5 N–H and O–H groups in total. The van der Waals surface area contributed by atoms with Gasteiger partial charge < -0.3 is 30.2 Å². The van der Waals surface area contributed by atoms with Gasteiger partial charge in [0.25, 0.3) is 5.91 Å². The molecule has 2 aromatic rings. The van der Waals surface area contributed by atoms with E-state index in [2.05, 4.69) is 15.4 Å². The molecule has 212 valence electrons. The Morgan fingerprint density at radius 2 is 2.05 bits per heavy atom. The number of nitrogens with zero attached hydrogens (tertiary/aromatic N) is 4. The van der Waals surface area contributed by atoms with Crippen LogP contribution in [0, 0.1) is 12.7 Å². The van der Waals surface area contributed by atoms with Crippen LogP contribution in [0.3, 0.4) is 0 Å². The fraction of sp³-hybridized carbons (Fsp3) is 0.462. The van der Waals surface area contributed by atoms with Crippen molar-refractivity contribution in [2.45, 2.75) is 45.9 Å². The number of hydrogen-bond donors (Lipinski definition) is 3. The summed E-state index contributed by atoms with van der Waals surface area (Å²) in [6.07, 6.45) is -0.822. The van der Waals surface area contributed by atoms with E-state index < -0.39 is 29.5 Å². The van der Waals surface area contributed by atoms with Gasteiger partial charge in [0.1, 0.15) is 11.3 Å². The number of aromatic nitrogens is 1. The average Bonchev–Trinajstić information content (AvgIpc) is 2.86.